The number of nitrogens with zero attached hydrogens (tertiary/aromatic N) is 5. The summed E-state index contributed by atoms with van der Waals surface area (Å²) < 4.78 is 0. The SMILES string of the molecule is Cc1cc(Nc2nncc(NCc3cccnc3)n2)n[nH]1. The van der Waals surface area contributed by atoms with E-state index in [-0.39, 0.29) is 0 Å². The molecular weight excluding hydrogens is 268 g/mol. The van der Waals surface area contributed by atoms with Crippen molar-refractivity contribution in [3.8, 4) is 0 Å². The van der Waals surface area contributed by atoms with E-state index >= 15 is 0 Å². The van der Waals surface area contributed by atoms with Crippen LogP contribution in [-0.4, -0.2) is 30.4 Å². The van der Waals surface area contributed by atoms with Gasteiger partial charge in [-0.1, -0.05) is 6.07 Å². The third kappa shape index (κ3) is 3.50. The molecule has 3 N–H and O–H groups in total. The fourth-order valence-corrected chi connectivity index (χ4v) is 1.73. The lowest BCUT2D eigenvalue weighted by Gasteiger charge is -2.06. The molecular formula is C13H14N8. The van der Waals surface area contributed by atoms with Crippen LogP contribution in [0.25, 0.3) is 0 Å². The second-order valence-electron chi connectivity index (χ2n) is 4.44. The van der Waals surface area contributed by atoms with Gasteiger partial charge in [0.05, 0.1) is 6.20 Å². The maximum absolute atomic E-state index is 4.32. The topological polar surface area (TPSA) is 104 Å². The third-order valence-corrected chi connectivity index (χ3v) is 2.70. The van der Waals surface area contributed by atoms with Crippen molar-refractivity contribution >= 4 is 17.6 Å². The molecule has 0 aliphatic heterocycles. The van der Waals surface area contributed by atoms with Gasteiger partial charge in [-0.15, -0.1) is 5.10 Å². The average Bonchev–Trinajstić information content (AvgIpc) is 2.92. The number of rotatable bonds is 5. The minimum Gasteiger partial charge on any atom is -0.364 e. The lowest BCUT2D eigenvalue weighted by atomic mass is 10.3. The predicted octanol–water partition coefficient (Wildman–Crippen LogP) is 1.65. The Bertz CT molecular complexity index is 709. The predicted molar refractivity (Wildman–Crippen MR) is 78.0 cm³/mol. The van der Waals surface area contributed by atoms with Crippen molar-refractivity contribution in [2.45, 2.75) is 13.5 Å². The molecule has 21 heavy (non-hydrogen) atoms. The molecule has 8 heteroatoms. The highest BCUT2D eigenvalue weighted by Gasteiger charge is 2.03. The summed E-state index contributed by atoms with van der Waals surface area (Å²) in [4.78, 5) is 8.38. The molecule has 3 heterocycles. The third-order valence-electron chi connectivity index (χ3n) is 2.70. The van der Waals surface area contributed by atoms with Gasteiger partial charge in [0.2, 0.25) is 5.95 Å². The van der Waals surface area contributed by atoms with Crippen molar-refractivity contribution in [2.24, 2.45) is 0 Å². The first-order chi connectivity index (χ1) is 10.3. The van der Waals surface area contributed by atoms with Gasteiger partial charge in [0.25, 0.3) is 0 Å². The zero-order valence-electron chi connectivity index (χ0n) is 11.4. The van der Waals surface area contributed by atoms with Crippen LogP contribution in [0, 0.1) is 6.92 Å². The van der Waals surface area contributed by atoms with E-state index in [0.717, 1.165) is 11.3 Å². The van der Waals surface area contributed by atoms with Crippen molar-refractivity contribution in [1.29, 1.82) is 0 Å². The van der Waals surface area contributed by atoms with E-state index in [2.05, 4.69) is 41.0 Å². The van der Waals surface area contributed by atoms with Crippen molar-refractivity contribution in [3.63, 3.8) is 0 Å². The first kappa shape index (κ1) is 13.0. The van der Waals surface area contributed by atoms with Gasteiger partial charge >= 0.3 is 0 Å². The Morgan fingerprint density at radius 2 is 2.19 bits per heavy atom. The Balaban J connectivity index is 1.65. The van der Waals surface area contributed by atoms with Gasteiger partial charge in [-0.05, 0) is 18.6 Å². The Hall–Kier alpha value is -3.03. The summed E-state index contributed by atoms with van der Waals surface area (Å²) >= 11 is 0. The van der Waals surface area contributed by atoms with E-state index in [9.17, 15) is 0 Å². The van der Waals surface area contributed by atoms with Crippen molar-refractivity contribution in [3.05, 3.63) is 48.0 Å². The van der Waals surface area contributed by atoms with Gasteiger partial charge < -0.3 is 10.6 Å². The normalized spacial score (nSPS) is 10.3. The van der Waals surface area contributed by atoms with E-state index in [1.807, 2.05) is 25.1 Å². The largest absolute Gasteiger partial charge is 0.364 e. The highest BCUT2D eigenvalue weighted by molar-refractivity contribution is 5.49. The fraction of sp³-hybridized carbons (Fsp3) is 0.154. The smallest absolute Gasteiger partial charge is 0.250 e. The lowest BCUT2D eigenvalue weighted by Crippen LogP contribution is -2.05. The molecule has 0 saturated heterocycles. The number of nitrogens with one attached hydrogen (secondary N) is 3. The summed E-state index contributed by atoms with van der Waals surface area (Å²) in [5.41, 5.74) is 2.02. The average molecular weight is 282 g/mol. The summed E-state index contributed by atoms with van der Waals surface area (Å²) in [6.45, 7) is 2.54. The Morgan fingerprint density at radius 3 is 2.95 bits per heavy atom. The summed E-state index contributed by atoms with van der Waals surface area (Å²) in [5, 5.41) is 20.9. The number of aryl methyl sites for hydroxylation is 1. The molecule has 106 valence electrons. The monoisotopic (exact) mass is 282 g/mol. The molecule has 0 amide bonds. The first-order valence-corrected chi connectivity index (χ1v) is 6.41. The van der Waals surface area contributed by atoms with Gasteiger partial charge in [-0.3, -0.25) is 10.1 Å². The minimum atomic E-state index is 0.387. The van der Waals surface area contributed by atoms with Crippen LogP contribution < -0.4 is 10.6 Å². The molecule has 3 aromatic rings. The Morgan fingerprint density at radius 1 is 1.24 bits per heavy atom. The molecule has 8 nitrogen and oxygen atoms in total. The van der Waals surface area contributed by atoms with Gasteiger partial charge in [-0.2, -0.15) is 15.2 Å². The quantitative estimate of drug-likeness (QED) is 0.653. The standard InChI is InChI=1S/C13H14N8/c1-9-5-11(20-19-9)17-13-18-12(8-16-21-13)15-7-10-3-2-4-14-6-10/h2-6,8H,7H2,1H3,(H3,15,17,18,19,20,21). The maximum Gasteiger partial charge on any atom is 0.250 e. The molecule has 0 fully saturated rings. The van der Waals surface area contributed by atoms with Gasteiger partial charge in [-0.25, -0.2) is 0 Å². The van der Waals surface area contributed by atoms with E-state index in [0.29, 0.717) is 24.1 Å². The molecule has 0 saturated carbocycles. The summed E-state index contributed by atoms with van der Waals surface area (Å²) in [6.07, 6.45) is 5.11. The number of hydrogen-bond acceptors (Lipinski definition) is 7. The molecule has 0 aliphatic carbocycles. The lowest BCUT2D eigenvalue weighted by molar-refractivity contribution is 0.958. The highest BCUT2D eigenvalue weighted by Crippen LogP contribution is 2.11. The Labute approximate surface area is 121 Å². The van der Waals surface area contributed by atoms with E-state index in [1.54, 1.807) is 18.6 Å². The molecule has 3 rings (SSSR count). The van der Waals surface area contributed by atoms with Crippen LogP contribution in [0.15, 0.2) is 36.8 Å². The number of aromatic nitrogens is 6. The van der Waals surface area contributed by atoms with Crippen LogP contribution in [0.5, 0.6) is 0 Å². The zero-order valence-corrected chi connectivity index (χ0v) is 11.4. The minimum absolute atomic E-state index is 0.387. The number of anilines is 3. The van der Waals surface area contributed by atoms with Gasteiger partial charge in [0.15, 0.2) is 11.6 Å². The second kappa shape index (κ2) is 5.95. The van der Waals surface area contributed by atoms with Crippen LogP contribution in [-0.2, 0) is 6.54 Å². The fourth-order valence-electron chi connectivity index (χ4n) is 1.73. The van der Waals surface area contributed by atoms with Crippen molar-refractivity contribution < 1.29 is 0 Å². The molecule has 0 spiro atoms. The van der Waals surface area contributed by atoms with Crippen molar-refractivity contribution in [2.75, 3.05) is 10.6 Å². The second-order valence-corrected chi connectivity index (χ2v) is 4.44. The van der Waals surface area contributed by atoms with Crippen LogP contribution >= 0.6 is 0 Å². The Kier molecular flexibility index (Phi) is 3.68. The molecule has 0 unspecified atom stereocenters. The van der Waals surface area contributed by atoms with Crippen LogP contribution in [0.2, 0.25) is 0 Å². The van der Waals surface area contributed by atoms with E-state index < -0.39 is 0 Å². The van der Waals surface area contributed by atoms with Gasteiger partial charge in [0.1, 0.15) is 0 Å². The molecule has 3 aromatic heterocycles. The summed E-state index contributed by atoms with van der Waals surface area (Å²) in [5.74, 6) is 1.67. The summed E-state index contributed by atoms with van der Waals surface area (Å²) in [6, 6.07) is 5.74. The van der Waals surface area contributed by atoms with Gasteiger partial charge in [0, 0.05) is 30.7 Å². The maximum atomic E-state index is 4.32. The number of aromatic amines is 1. The van der Waals surface area contributed by atoms with Crippen LogP contribution in [0.4, 0.5) is 17.6 Å². The first-order valence-electron chi connectivity index (χ1n) is 6.41. The zero-order chi connectivity index (χ0) is 14.5. The van der Waals surface area contributed by atoms with E-state index in [4.69, 9.17) is 0 Å². The highest BCUT2D eigenvalue weighted by atomic mass is 15.3. The molecule has 0 radical (unpaired) electrons. The van der Waals surface area contributed by atoms with Crippen molar-refractivity contribution in [1.82, 2.24) is 30.4 Å². The number of pyridine rings is 1. The number of hydrogen-bond donors (Lipinski definition) is 3. The van der Waals surface area contributed by atoms with E-state index in [1.165, 1.54) is 0 Å². The molecule has 0 bridgehead atoms. The number of H-pyrrole nitrogens is 1. The molecule has 0 aromatic carbocycles. The molecule has 0 atom stereocenters. The van der Waals surface area contributed by atoms with Crippen LogP contribution in [0.1, 0.15) is 11.3 Å². The summed E-state index contributed by atoms with van der Waals surface area (Å²) in [7, 11) is 0. The molecule has 0 aliphatic rings. The van der Waals surface area contributed by atoms with Crippen LogP contribution in [0.3, 0.4) is 0 Å².